The molecule has 2 nitrogen and oxygen atoms in total. The van der Waals surface area contributed by atoms with E-state index in [1.54, 1.807) is 0 Å². The molecular weight excluding hydrogens is 354 g/mol. The molecule has 1 N–H and O–H groups in total. The maximum Gasteiger partial charge on any atom is 0.256 e. The molecule has 1 aromatic heterocycles. The lowest BCUT2D eigenvalue weighted by atomic mass is 9.92. The zero-order valence-electron chi connectivity index (χ0n) is 15.8. The van der Waals surface area contributed by atoms with Crippen LogP contribution in [0.3, 0.4) is 0 Å². The van der Waals surface area contributed by atoms with E-state index in [4.69, 9.17) is 0 Å². The molecule has 0 unspecified atom stereocenters. The van der Waals surface area contributed by atoms with Crippen molar-refractivity contribution in [1.82, 2.24) is 4.98 Å². The number of hydrogen-bond acceptors (Lipinski definition) is 1. The molecule has 0 atom stereocenters. The molecule has 1 heterocycles. The van der Waals surface area contributed by atoms with E-state index in [-0.39, 0.29) is 5.56 Å². The van der Waals surface area contributed by atoms with Gasteiger partial charge in [0.25, 0.3) is 5.56 Å². The van der Waals surface area contributed by atoms with Gasteiger partial charge in [-0.25, -0.2) is 0 Å². The van der Waals surface area contributed by atoms with Crippen LogP contribution in [0.25, 0.3) is 44.3 Å². The van der Waals surface area contributed by atoms with E-state index >= 15 is 0 Å². The van der Waals surface area contributed by atoms with Gasteiger partial charge in [0.15, 0.2) is 0 Å². The molecule has 0 aliphatic carbocycles. The molecule has 0 saturated heterocycles. The first kappa shape index (κ1) is 17.2. The number of hydrogen-bond donors (Lipinski definition) is 1. The summed E-state index contributed by atoms with van der Waals surface area (Å²) in [7, 11) is 0. The number of aromatic nitrogens is 1. The Bertz CT molecular complexity index is 1340. The van der Waals surface area contributed by atoms with E-state index in [2.05, 4.69) is 35.3 Å². The average molecular weight is 373 g/mol. The van der Waals surface area contributed by atoms with Gasteiger partial charge >= 0.3 is 0 Å². The van der Waals surface area contributed by atoms with Gasteiger partial charge < -0.3 is 4.98 Å². The minimum Gasteiger partial charge on any atom is -0.321 e. The molecule has 5 aromatic rings. The summed E-state index contributed by atoms with van der Waals surface area (Å²) in [5, 5.41) is 1.66. The highest BCUT2D eigenvalue weighted by atomic mass is 16.1. The molecule has 0 aliphatic heterocycles. The minimum atomic E-state index is -0.0712. The van der Waals surface area contributed by atoms with E-state index < -0.39 is 0 Å². The largest absolute Gasteiger partial charge is 0.321 e. The first-order valence-electron chi connectivity index (χ1n) is 9.67. The quantitative estimate of drug-likeness (QED) is 0.383. The fourth-order valence-corrected chi connectivity index (χ4v) is 3.86. The van der Waals surface area contributed by atoms with Crippen LogP contribution in [0.2, 0.25) is 0 Å². The lowest BCUT2D eigenvalue weighted by Crippen LogP contribution is -2.09. The van der Waals surface area contributed by atoms with Crippen LogP contribution in [-0.2, 0) is 0 Å². The second-order valence-corrected chi connectivity index (χ2v) is 7.06. The van der Waals surface area contributed by atoms with E-state index in [0.29, 0.717) is 5.39 Å². The number of fused-ring (bicyclic) bond motifs is 1. The molecule has 4 aromatic carbocycles. The van der Waals surface area contributed by atoms with Gasteiger partial charge in [-0.1, -0.05) is 97.1 Å². The Morgan fingerprint density at radius 3 is 1.66 bits per heavy atom. The van der Waals surface area contributed by atoms with Gasteiger partial charge in [-0.2, -0.15) is 0 Å². The van der Waals surface area contributed by atoms with Crippen LogP contribution >= 0.6 is 0 Å². The maximum absolute atomic E-state index is 12.9. The van der Waals surface area contributed by atoms with Crippen molar-refractivity contribution in [3.8, 4) is 33.5 Å². The number of pyridine rings is 1. The van der Waals surface area contributed by atoms with Gasteiger partial charge in [0.1, 0.15) is 0 Å². The highest BCUT2D eigenvalue weighted by Crippen LogP contribution is 2.36. The van der Waals surface area contributed by atoms with Gasteiger partial charge in [0, 0.05) is 10.9 Å². The van der Waals surface area contributed by atoms with Crippen molar-refractivity contribution in [3.05, 3.63) is 120 Å². The van der Waals surface area contributed by atoms with Gasteiger partial charge in [-0.05, 0) is 39.8 Å². The van der Waals surface area contributed by atoms with Crippen molar-refractivity contribution in [2.45, 2.75) is 0 Å². The first-order valence-corrected chi connectivity index (χ1v) is 9.67. The molecule has 138 valence electrons. The summed E-state index contributed by atoms with van der Waals surface area (Å²) in [6, 6.07) is 36.6. The zero-order chi connectivity index (χ0) is 19.6. The zero-order valence-corrected chi connectivity index (χ0v) is 15.8. The van der Waals surface area contributed by atoms with E-state index in [1.165, 1.54) is 0 Å². The minimum absolute atomic E-state index is 0.0712. The van der Waals surface area contributed by atoms with Gasteiger partial charge in [0.05, 0.1) is 5.69 Å². The van der Waals surface area contributed by atoms with Crippen LogP contribution in [-0.4, -0.2) is 4.98 Å². The molecule has 0 aliphatic rings. The summed E-state index contributed by atoms with van der Waals surface area (Å²) in [6.07, 6.45) is 0. The van der Waals surface area contributed by atoms with Crippen LogP contribution in [0, 0.1) is 0 Å². The third-order valence-electron chi connectivity index (χ3n) is 5.25. The van der Waals surface area contributed by atoms with Crippen molar-refractivity contribution >= 4 is 10.8 Å². The summed E-state index contributed by atoms with van der Waals surface area (Å²) in [5.74, 6) is 0. The number of rotatable bonds is 3. The Balaban J connectivity index is 1.89. The predicted octanol–water partition coefficient (Wildman–Crippen LogP) is 6.53. The Labute approximate surface area is 169 Å². The maximum atomic E-state index is 12.9. The molecule has 0 spiro atoms. The molecule has 0 saturated carbocycles. The smallest absolute Gasteiger partial charge is 0.256 e. The van der Waals surface area contributed by atoms with Gasteiger partial charge in [0.2, 0.25) is 0 Å². The Morgan fingerprint density at radius 2 is 1.03 bits per heavy atom. The third-order valence-corrected chi connectivity index (χ3v) is 5.25. The van der Waals surface area contributed by atoms with Crippen LogP contribution in [0.4, 0.5) is 0 Å². The monoisotopic (exact) mass is 373 g/mol. The molecule has 0 fully saturated rings. The summed E-state index contributed by atoms with van der Waals surface area (Å²) in [5.41, 5.74) is 6.13. The number of aromatic amines is 1. The lowest BCUT2D eigenvalue weighted by molar-refractivity contribution is 1.28. The van der Waals surface area contributed by atoms with Crippen molar-refractivity contribution in [1.29, 1.82) is 0 Å². The molecule has 0 radical (unpaired) electrons. The summed E-state index contributed by atoms with van der Waals surface area (Å²) < 4.78 is 0. The van der Waals surface area contributed by atoms with Crippen LogP contribution in [0.15, 0.2) is 114 Å². The molecular formula is C27H19NO. The fraction of sp³-hybridized carbons (Fsp3) is 0. The van der Waals surface area contributed by atoms with E-state index in [1.807, 2.05) is 78.9 Å². The molecule has 5 rings (SSSR count). The van der Waals surface area contributed by atoms with Crippen LogP contribution < -0.4 is 5.56 Å². The molecule has 0 amide bonds. The molecule has 0 bridgehead atoms. The van der Waals surface area contributed by atoms with E-state index in [0.717, 1.165) is 38.9 Å². The summed E-state index contributed by atoms with van der Waals surface area (Å²) >= 11 is 0. The highest BCUT2D eigenvalue weighted by molar-refractivity contribution is 6.03. The normalized spacial score (nSPS) is 10.9. The second kappa shape index (κ2) is 7.25. The lowest BCUT2D eigenvalue weighted by Gasteiger charge is -2.15. The first-order chi connectivity index (χ1) is 14.3. The molecule has 2 heteroatoms. The number of nitrogens with one attached hydrogen (secondary N) is 1. The Morgan fingerprint density at radius 1 is 0.483 bits per heavy atom. The SMILES string of the molecule is O=c1[nH]c(-c2ccccc2)c(-c2ccccc2)c2cc(-c3ccccc3)ccc12. The Kier molecular flexibility index (Phi) is 4.30. The topological polar surface area (TPSA) is 32.9 Å². The Hall–Kier alpha value is -3.91. The average Bonchev–Trinajstić information content (AvgIpc) is 2.80. The fourth-order valence-electron chi connectivity index (χ4n) is 3.86. The van der Waals surface area contributed by atoms with Crippen molar-refractivity contribution < 1.29 is 0 Å². The van der Waals surface area contributed by atoms with Gasteiger partial charge in [-0.3, -0.25) is 4.79 Å². The summed E-state index contributed by atoms with van der Waals surface area (Å²) in [6.45, 7) is 0. The van der Waals surface area contributed by atoms with Crippen LogP contribution in [0.5, 0.6) is 0 Å². The third kappa shape index (κ3) is 3.15. The number of H-pyrrole nitrogens is 1. The second-order valence-electron chi connectivity index (χ2n) is 7.06. The van der Waals surface area contributed by atoms with Crippen molar-refractivity contribution in [3.63, 3.8) is 0 Å². The predicted molar refractivity (Wildman–Crippen MR) is 121 cm³/mol. The van der Waals surface area contributed by atoms with E-state index in [9.17, 15) is 4.79 Å². The summed E-state index contributed by atoms with van der Waals surface area (Å²) in [4.78, 5) is 16.1. The van der Waals surface area contributed by atoms with Crippen molar-refractivity contribution in [2.24, 2.45) is 0 Å². The number of benzene rings is 4. The molecule has 29 heavy (non-hydrogen) atoms. The standard InChI is InChI=1S/C27H19NO/c29-27-23-17-16-22(19-10-4-1-5-11-19)18-24(23)25(20-12-6-2-7-13-20)26(28-27)21-14-8-3-9-15-21/h1-18H,(H,28,29). The van der Waals surface area contributed by atoms with Gasteiger partial charge in [-0.15, -0.1) is 0 Å². The van der Waals surface area contributed by atoms with Crippen LogP contribution in [0.1, 0.15) is 0 Å². The van der Waals surface area contributed by atoms with Crippen molar-refractivity contribution in [2.75, 3.05) is 0 Å². The highest BCUT2D eigenvalue weighted by Gasteiger charge is 2.15.